The number of hydrogen-bond acceptors (Lipinski definition) is 4. The molecule has 0 fully saturated rings. The van der Waals surface area contributed by atoms with E-state index in [0.717, 1.165) is 47.4 Å². The van der Waals surface area contributed by atoms with E-state index in [1.807, 2.05) is 67.6 Å². The number of aryl methyl sites for hydroxylation is 1. The minimum Gasteiger partial charge on any atom is -0.490 e. The lowest BCUT2D eigenvalue weighted by Gasteiger charge is -2.16. The summed E-state index contributed by atoms with van der Waals surface area (Å²) in [5.41, 5.74) is 3.96. The Morgan fingerprint density at radius 1 is 0.909 bits per heavy atom. The van der Waals surface area contributed by atoms with Crippen LogP contribution in [0.3, 0.4) is 0 Å². The maximum Gasteiger partial charge on any atom is 0.163 e. The molecule has 0 saturated carbocycles. The second kappa shape index (κ2) is 11.4. The molecule has 0 aliphatic carbocycles. The lowest BCUT2D eigenvalue weighted by Crippen LogP contribution is -2.16. The van der Waals surface area contributed by atoms with Gasteiger partial charge in [0.2, 0.25) is 0 Å². The van der Waals surface area contributed by atoms with Gasteiger partial charge < -0.3 is 19.8 Å². The lowest BCUT2D eigenvalue weighted by molar-refractivity contribution is 0.269. The number of ether oxygens (including phenoxy) is 2. The minimum absolute atomic E-state index is 0.343. The third-order valence-electron chi connectivity index (χ3n) is 5.27. The van der Waals surface area contributed by atoms with Crippen molar-refractivity contribution in [2.75, 3.05) is 13.2 Å². The number of nitrogens with zero attached hydrogens (tertiary/aromatic N) is 1. The molecule has 4 rings (SSSR count). The Balaban J connectivity index is 1.32. The van der Waals surface area contributed by atoms with Crippen LogP contribution in [0.4, 0.5) is 0 Å². The number of imidazole rings is 1. The summed E-state index contributed by atoms with van der Waals surface area (Å²) in [7, 11) is 0. The third-order valence-corrected chi connectivity index (χ3v) is 6.00. The van der Waals surface area contributed by atoms with Gasteiger partial charge in [-0.25, -0.2) is 4.98 Å². The predicted octanol–water partition coefficient (Wildman–Crippen LogP) is 6.57. The number of para-hydroxylation sites is 2. The summed E-state index contributed by atoms with van der Waals surface area (Å²) in [6.45, 7) is 4.32. The highest BCUT2D eigenvalue weighted by atomic mass is 35.5. The number of H-pyrrole nitrogens is 1. The molecule has 2 N–H and O–H groups in total. The summed E-state index contributed by atoms with van der Waals surface area (Å²) < 4.78 is 11.8. The average molecular weight is 484 g/mol. The summed E-state index contributed by atoms with van der Waals surface area (Å²) in [6.07, 6.45) is 1.85. The van der Waals surface area contributed by atoms with Gasteiger partial charge in [0.25, 0.3) is 0 Å². The first-order chi connectivity index (χ1) is 16.1. The number of fused-ring (bicyclic) bond motifs is 1. The molecule has 0 aliphatic heterocycles. The van der Waals surface area contributed by atoms with Gasteiger partial charge in [-0.3, -0.25) is 0 Å². The van der Waals surface area contributed by atoms with Gasteiger partial charge in [0.1, 0.15) is 12.4 Å². The van der Waals surface area contributed by atoms with E-state index < -0.39 is 0 Å². The van der Waals surface area contributed by atoms with Crippen molar-refractivity contribution < 1.29 is 9.47 Å². The summed E-state index contributed by atoms with van der Waals surface area (Å²) in [5.74, 6) is 2.29. The molecular formula is C26H27Cl2N3O2. The van der Waals surface area contributed by atoms with Gasteiger partial charge >= 0.3 is 0 Å². The Labute approximate surface area is 204 Å². The molecule has 0 atom stereocenters. The standard InChI is InChI=1S/C26H27Cl2N3O2/c1-2-32-24-14-19(21(28)15-25(24)33-17-18-8-3-4-9-20(18)27)16-29-13-7-12-26-30-22-10-5-6-11-23(22)31-26/h3-6,8-11,14-15,29H,2,7,12-13,16-17H2,1H3,(H,30,31). The molecule has 0 bridgehead atoms. The second-order valence-electron chi connectivity index (χ2n) is 7.68. The van der Waals surface area contributed by atoms with E-state index in [4.69, 9.17) is 32.7 Å². The van der Waals surface area contributed by atoms with Crippen LogP contribution in [-0.4, -0.2) is 23.1 Å². The zero-order valence-electron chi connectivity index (χ0n) is 18.5. The first kappa shape index (κ1) is 23.4. The number of rotatable bonds is 11. The maximum absolute atomic E-state index is 6.55. The van der Waals surface area contributed by atoms with Gasteiger partial charge in [-0.15, -0.1) is 0 Å². The normalized spacial score (nSPS) is 11.1. The number of halogens is 2. The number of aromatic nitrogens is 2. The van der Waals surface area contributed by atoms with Crippen LogP contribution in [0, 0.1) is 0 Å². The Bertz CT molecular complexity index is 1180. The predicted molar refractivity (Wildman–Crippen MR) is 135 cm³/mol. The molecule has 1 heterocycles. The van der Waals surface area contributed by atoms with E-state index >= 15 is 0 Å². The third kappa shape index (κ3) is 6.20. The zero-order valence-corrected chi connectivity index (χ0v) is 20.0. The highest BCUT2D eigenvalue weighted by Crippen LogP contribution is 2.34. The van der Waals surface area contributed by atoms with Crippen molar-refractivity contribution in [2.45, 2.75) is 32.9 Å². The van der Waals surface area contributed by atoms with Crippen LogP contribution < -0.4 is 14.8 Å². The molecule has 7 heteroatoms. The first-order valence-corrected chi connectivity index (χ1v) is 11.9. The van der Waals surface area contributed by atoms with E-state index in [-0.39, 0.29) is 0 Å². The quantitative estimate of drug-likeness (QED) is 0.237. The number of aromatic amines is 1. The fourth-order valence-electron chi connectivity index (χ4n) is 3.59. The van der Waals surface area contributed by atoms with Crippen LogP contribution in [0.25, 0.3) is 11.0 Å². The molecule has 1 aromatic heterocycles. The van der Waals surface area contributed by atoms with Gasteiger partial charge in [0.05, 0.1) is 17.6 Å². The molecule has 0 spiro atoms. The number of nitrogens with one attached hydrogen (secondary N) is 2. The van der Waals surface area contributed by atoms with Gasteiger partial charge in [-0.05, 0) is 49.7 Å². The van der Waals surface area contributed by atoms with Crippen molar-refractivity contribution in [3.05, 3.63) is 87.7 Å². The van der Waals surface area contributed by atoms with Crippen molar-refractivity contribution in [1.29, 1.82) is 0 Å². The molecule has 0 saturated heterocycles. The summed E-state index contributed by atoms with van der Waals surface area (Å²) in [5, 5.41) is 4.77. The Kier molecular flexibility index (Phi) is 8.10. The molecule has 33 heavy (non-hydrogen) atoms. The highest BCUT2D eigenvalue weighted by Gasteiger charge is 2.12. The van der Waals surface area contributed by atoms with E-state index in [1.54, 1.807) is 0 Å². The van der Waals surface area contributed by atoms with Crippen LogP contribution in [0.15, 0.2) is 60.7 Å². The molecule has 0 unspecified atom stereocenters. The molecular weight excluding hydrogens is 457 g/mol. The minimum atomic E-state index is 0.343. The molecule has 4 aromatic rings. The molecule has 5 nitrogen and oxygen atoms in total. The summed E-state index contributed by atoms with van der Waals surface area (Å²) >= 11 is 12.8. The topological polar surface area (TPSA) is 59.2 Å². The van der Waals surface area contributed by atoms with Crippen molar-refractivity contribution in [3.63, 3.8) is 0 Å². The molecule has 172 valence electrons. The van der Waals surface area contributed by atoms with Gasteiger partial charge in [0, 0.05) is 34.6 Å². The van der Waals surface area contributed by atoms with Gasteiger partial charge in [-0.2, -0.15) is 0 Å². The monoisotopic (exact) mass is 483 g/mol. The second-order valence-corrected chi connectivity index (χ2v) is 8.50. The first-order valence-electron chi connectivity index (χ1n) is 11.1. The van der Waals surface area contributed by atoms with Crippen LogP contribution in [0.2, 0.25) is 10.0 Å². The maximum atomic E-state index is 6.55. The van der Waals surface area contributed by atoms with Crippen LogP contribution in [0.5, 0.6) is 11.5 Å². The fraction of sp³-hybridized carbons (Fsp3) is 0.269. The van der Waals surface area contributed by atoms with Crippen molar-refractivity contribution in [3.8, 4) is 11.5 Å². The van der Waals surface area contributed by atoms with Gasteiger partial charge in [0.15, 0.2) is 11.5 Å². The van der Waals surface area contributed by atoms with E-state index in [0.29, 0.717) is 41.3 Å². The van der Waals surface area contributed by atoms with Gasteiger partial charge in [-0.1, -0.05) is 53.5 Å². The van der Waals surface area contributed by atoms with E-state index in [2.05, 4.69) is 15.3 Å². The Morgan fingerprint density at radius 3 is 2.52 bits per heavy atom. The number of hydrogen-bond donors (Lipinski definition) is 2. The number of benzene rings is 3. The molecule has 0 radical (unpaired) electrons. The average Bonchev–Trinajstić information content (AvgIpc) is 3.23. The van der Waals surface area contributed by atoms with Crippen LogP contribution >= 0.6 is 23.2 Å². The van der Waals surface area contributed by atoms with Crippen LogP contribution in [0.1, 0.15) is 30.3 Å². The molecule has 0 aliphatic rings. The Hall–Kier alpha value is -2.73. The largest absolute Gasteiger partial charge is 0.490 e. The highest BCUT2D eigenvalue weighted by molar-refractivity contribution is 6.31. The van der Waals surface area contributed by atoms with Crippen molar-refractivity contribution >= 4 is 34.2 Å². The van der Waals surface area contributed by atoms with Crippen molar-refractivity contribution in [2.24, 2.45) is 0 Å². The SMILES string of the molecule is CCOc1cc(CNCCCc2nc3ccccc3[nH]2)c(Cl)cc1OCc1ccccc1Cl. The molecule has 3 aromatic carbocycles. The summed E-state index contributed by atoms with van der Waals surface area (Å²) in [6, 6.07) is 19.5. The van der Waals surface area contributed by atoms with Crippen LogP contribution in [-0.2, 0) is 19.6 Å². The zero-order chi connectivity index (χ0) is 23.0. The Morgan fingerprint density at radius 2 is 1.70 bits per heavy atom. The summed E-state index contributed by atoms with van der Waals surface area (Å²) in [4.78, 5) is 8.00. The van der Waals surface area contributed by atoms with E-state index in [9.17, 15) is 0 Å². The fourth-order valence-corrected chi connectivity index (χ4v) is 4.00. The smallest absolute Gasteiger partial charge is 0.163 e. The van der Waals surface area contributed by atoms with Crippen molar-refractivity contribution in [1.82, 2.24) is 15.3 Å². The van der Waals surface area contributed by atoms with E-state index in [1.165, 1.54) is 0 Å². The molecule has 0 amide bonds. The lowest BCUT2D eigenvalue weighted by atomic mass is 10.2.